The van der Waals surface area contributed by atoms with Crippen LogP contribution in [0.25, 0.3) is 0 Å². The number of rotatable bonds is 4. The predicted molar refractivity (Wildman–Crippen MR) is 93.9 cm³/mol. The fourth-order valence-electron chi connectivity index (χ4n) is 2.86. The molecule has 2 aromatic rings. The molecule has 7 heteroatoms. The molecule has 3 rings (SSSR count). The number of benzene rings is 1. The number of carboxylic acid groups (broad SMARTS) is 1. The van der Waals surface area contributed by atoms with Crippen molar-refractivity contribution >= 4 is 17.3 Å². The van der Waals surface area contributed by atoms with Gasteiger partial charge in [0, 0.05) is 18.3 Å². The highest BCUT2D eigenvalue weighted by Crippen LogP contribution is 2.36. The number of pyridine rings is 1. The summed E-state index contributed by atoms with van der Waals surface area (Å²) in [6.07, 6.45) is 2.43. The minimum Gasteiger partial charge on any atom is -0.478 e. The van der Waals surface area contributed by atoms with Crippen LogP contribution in [0.3, 0.4) is 0 Å². The second-order valence-corrected chi connectivity index (χ2v) is 7.28. The van der Waals surface area contributed by atoms with Gasteiger partial charge in [0.05, 0.1) is 23.1 Å². The highest BCUT2D eigenvalue weighted by atomic mass is 19.1. The van der Waals surface area contributed by atoms with Crippen molar-refractivity contribution in [3.05, 3.63) is 53.6 Å². The van der Waals surface area contributed by atoms with Gasteiger partial charge in [0.25, 0.3) is 0 Å². The van der Waals surface area contributed by atoms with Crippen LogP contribution in [0.2, 0.25) is 0 Å². The van der Waals surface area contributed by atoms with Gasteiger partial charge in [0.15, 0.2) is 0 Å². The summed E-state index contributed by atoms with van der Waals surface area (Å²) in [6, 6.07) is 6.04. The Morgan fingerprint density at radius 1 is 1.40 bits per heavy atom. The molecule has 0 amide bonds. The number of hydrogen-bond donors (Lipinski definition) is 3. The van der Waals surface area contributed by atoms with Crippen molar-refractivity contribution in [2.24, 2.45) is 5.41 Å². The van der Waals surface area contributed by atoms with Crippen LogP contribution in [-0.2, 0) is 0 Å². The average Bonchev–Trinajstić information content (AvgIpc) is 2.82. The normalized spacial score (nSPS) is 16.6. The van der Waals surface area contributed by atoms with Gasteiger partial charge in [0.1, 0.15) is 12.0 Å². The van der Waals surface area contributed by atoms with Crippen molar-refractivity contribution in [3.8, 4) is 0 Å². The zero-order chi connectivity index (χ0) is 18.2. The van der Waals surface area contributed by atoms with Crippen LogP contribution in [0.15, 0.2) is 36.7 Å². The van der Waals surface area contributed by atoms with E-state index in [0.29, 0.717) is 12.2 Å². The molecule has 1 atom stereocenters. The molecule has 1 aromatic heterocycles. The first-order chi connectivity index (χ1) is 11.7. The van der Waals surface area contributed by atoms with Gasteiger partial charge < -0.3 is 15.4 Å². The third kappa shape index (κ3) is 3.71. The van der Waals surface area contributed by atoms with Crippen LogP contribution in [0.1, 0.15) is 42.9 Å². The van der Waals surface area contributed by atoms with E-state index in [1.807, 2.05) is 5.01 Å². The molecule has 0 bridgehead atoms. The van der Waals surface area contributed by atoms with Gasteiger partial charge in [-0.15, -0.1) is 0 Å². The summed E-state index contributed by atoms with van der Waals surface area (Å²) >= 11 is 0. The predicted octanol–water partition coefficient (Wildman–Crippen LogP) is 3.40. The molecule has 2 heterocycles. The lowest BCUT2D eigenvalue weighted by Gasteiger charge is -2.29. The first kappa shape index (κ1) is 17.2. The number of aromatic carboxylic acids is 1. The van der Waals surface area contributed by atoms with E-state index >= 15 is 0 Å². The van der Waals surface area contributed by atoms with Crippen LogP contribution in [0.4, 0.5) is 15.8 Å². The molecular formula is C18H21FN4O2. The standard InChI is InChI=1S/C18H21FN4O2/c1-18(2,3)10-23-15-5-4-11(19)8-13(15)16(22-23)21-14-9-20-7-6-12(14)17(24)25/h4-9,16,21-22H,10H2,1-3H3,(H,24,25). The van der Waals surface area contributed by atoms with Gasteiger partial charge >= 0.3 is 5.97 Å². The Bertz CT molecular complexity index is 804. The molecule has 0 saturated carbocycles. The molecule has 0 radical (unpaired) electrons. The maximum absolute atomic E-state index is 13.8. The highest BCUT2D eigenvalue weighted by molar-refractivity contribution is 5.94. The third-order valence-electron chi connectivity index (χ3n) is 3.86. The molecule has 6 nitrogen and oxygen atoms in total. The molecule has 0 aliphatic carbocycles. The Kier molecular flexibility index (Phi) is 4.34. The molecule has 25 heavy (non-hydrogen) atoms. The summed E-state index contributed by atoms with van der Waals surface area (Å²) in [6.45, 7) is 7.05. The Morgan fingerprint density at radius 2 is 2.16 bits per heavy atom. The number of carbonyl (C=O) groups is 1. The number of nitrogens with zero attached hydrogens (tertiary/aromatic N) is 2. The van der Waals surface area contributed by atoms with Crippen molar-refractivity contribution in [1.29, 1.82) is 0 Å². The molecular weight excluding hydrogens is 323 g/mol. The van der Waals surface area contributed by atoms with Crippen LogP contribution in [0, 0.1) is 11.2 Å². The first-order valence-electron chi connectivity index (χ1n) is 8.01. The molecule has 1 aromatic carbocycles. The SMILES string of the molecule is CC(C)(C)CN1NC(Nc2cnccc2C(=O)O)c2cc(F)ccc21. The maximum Gasteiger partial charge on any atom is 0.337 e. The Balaban J connectivity index is 1.93. The molecule has 1 aliphatic heterocycles. The summed E-state index contributed by atoms with van der Waals surface area (Å²) < 4.78 is 13.8. The quantitative estimate of drug-likeness (QED) is 0.789. The monoisotopic (exact) mass is 344 g/mol. The summed E-state index contributed by atoms with van der Waals surface area (Å²) in [4.78, 5) is 15.4. The zero-order valence-corrected chi connectivity index (χ0v) is 14.4. The molecule has 132 valence electrons. The number of anilines is 2. The summed E-state index contributed by atoms with van der Waals surface area (Å²) in [5, 5.41) is 14.4. The van der Waals surface area contributed by atoms with Crippen molar-refractivity contribution in [2.75, 3.05) is 16.9 Å². The first-order valence-corrected chi connectivity index (χ1v) is 8.01. The minimum atomic E-state index is -1.05. The second-order valence-electron chi connectivity index (χ2n) is 7.28. The van der Waals surface area contributed by atoms with E-state index in [1.54, 1.807) is 6.07 Å². The van der Waals surface area contributed by atoms with Crippen molar-refractivity contribution in [2.45, 2.75) is 26.9 Å². The molecule has 3 N–H and O–H groups in total. The van der Waals surface area contributed by atoms with Gasteiger partial charge in [-0.1, -0.05) is 20.8 Å². The van der Waals surface area contributed by atoms with Gasteiger partial charge in [-0.2, -0.15) is 0 Å². The topological polar surface area (TPSA) is 77.5 Å². The Labute approximate surface area is 145 Å². The molecule has 1 unspecified atom stereocenters. The van der Waals surface area contributed by atoms with E-state index in [9.17, 15) is 14.3 Å². The van der Waals surface area contributed by atoms with Crippen LogP contribution < -0.4 is 15.8 Å². The van der Waals surface area contributed by atoms with Gasteiger partial charge in [-0.05, 0) is 29.7 Å². The minimum absolute atomic E-state index is 0.0219. The number of aromatic nitrogens is 1. The third-order valence-corrected chi connectivity index (χ3v) is 3.86. The van der Waals surface area contributed by atoms with Gasteiger partial charge in [-0.25, -0.2) is 14.6 Å². The van der Waals surface area contributed by atoms with E-state index in [4.69, 9.17) is 0 Å². The van der Waals surface area contributed by atoms with E-state index in [2.05, 4.69) is 36.5 Å². The highest BCUT2D eigenvalue weighted by Gasteiger charge is 2.31. The van der Waals surface area contributed by atoms with Crippen molar-refractivity contribution < 1.29 is 14.3 Å². The lowest BCUT2D eigenvalue weighted by molar-refractivity contribution is 0.0697. The number of fused-ring (bicyclic) bond motifs is 1. The lowest BCUT2D eigenvalue weighted by atomic mass is 9.96. The number of hydrazine groups is 1. The number of nitrogens with one attached hydrogen (secondary N) is 2. The van der Waals surface area contributed by atoms with Gasteiger partial charge in [0.2, 0.25) is 0 Å². The molecule has 0 fully saturated rings. The van der Waals surface area contributed by atoms with E-state index in [1.165, 1.54) is 30.6 Å². The van der Waals surface area contributed by atoms with E-state index < -0.39 is 12.1 Å². The lowest BCUT2D eigenvalue weighted by Crippen LogP contribution is -2.42. The van der Waals surface area contributed by atoms with Crippen LogP contribution in [0.5, 0.6) is 0 Å². The van der Waals surface area contributed by atoms with Crippen LogP contribution >= 0.6 is 0 Å². The zero-order valence-electron chi connectivity index (χ0n) is 14.4. The number of halogens is 1. The molecule has 0 saturated heterocycles. The molecule has 1 aliphatic rings. The van der Waals surface area contributed by atoms with Crippen molar-refractivity contribution in [1.82, 2.24) is 10.4 Å². The van der Waals surface area contributed by atoms with E-state index in [-0.39, 0.29) is 16.8 Å². The fraction of sp³-hybridized carbons (Fsp3) is 0.333. The largest absolute Gasteiger partial charge is 0.478 e. The maximum atomic E-state index is 13.8. The molecule has 0 spiro atoms. The number of carboxylic acids is 1. The van der Waals surface area contributed by atoms with E-state index in [0.717, 1.165) is 11.3 Å². The van der Waals surface area contributed by atoms with Crippen LogP contribution in [-0.4, -0.2) is 22.6 Å². The van der Waals surface area contributed by atoms with Gasteiger partial charge in [-0.3, -0.25) is 4.98 Å². The number of hydrogen-bond acceptors (Lipinski definition) is 5. The smallest absolute Gasteiger partial charge is 0.337 e. The Hall–Kier alpha value is -2.67. The fourth-order valence-corrected chi connectivity index (χ4v) is 2.86. The summed E-state index contributed by atoms with van der Waals surface area (Å²) in [5.41, 5.74) is 5.40. The second kappa shape index (κ2) is 6.33. The Morgan fingerprint density at radius 3 is 2.84 bits per heavy atom. The summed E-state index contributed by atoms with van der Waals surface area (Å²) in [7, 11) is 0. The van der Waals surface area contributed by atoms with Crippen molar-refractivity contribution in [3.63, 3.8) is 0 Å². The average molecular weight is 344 g/mol. The summed E-state index contributed by atoms with van der Waals surface area (Å²) in [5.74, 6) is -1.39.